The number of hydrogen-bond donors (Lipinski definition) is 2. The van der Waals surface area contributed by atoms with Crippen LogP contribution in [0.2, 0.25) is 0 Å². The second kappa shape index (κ2) is 9.01. The Labute approximate surface area is 210 Å². The molecule has 3 aliphatic rings. The zero-order valence-corrected chi connectivity index (χ0v) is 20.8. The summed E-state index contributed by atoms with van der Waals surface area (Å²) in [5, 5.41) is 10.3. The molecular weight excluding hydrogens is 457 g/mol. The Balaban J connectivity index is 1.40. The largest absolute Gasteiger partial charge is 0.395 e. The fourth-order valence-electron chi connectivity index (χ4n) is 6.32. The fraction of sp³-hybridized carbons (Fsp3) is 0.429. The summed E-state index contributed by atoms with van der Waals surface area (Å²) in [5.41, 5.74) is 7.33. The Morgan fingerprint density at radius 1 is 1.28 bits per heavy atom. The number of fused-ring (bicyclic) bond motifs is 4. The average molecular weight is 490 g/mol. The van der Waals surface area contributed by atoms with Crippen LogP contribution in [0.4, 0.5) is 10.1 Å². The van der Waals surface area contributed by atoms with Gasteiger partial charge in [0.15, 0.2) is 0 Å². The van der Waals surface area contributed by atoms with Gasteiger partial charge in [0.2, 0.25) is 5.91 Å². The average Bonchev–Trinajstić information content (AvgIpc) is 3.16. The van der Waals surface area contributed by atoms with E-state index in [0.29, 0.717) is 25.7 Å². The molecule has 2 bridgehead atoms. The van der Waals surface area contributed by atoms with E-state index in [1.54, 1.807) is 24.2 Å². The fourth-order valence-corrected chi connectivity index (χ4v) is 6.32. The van der Waals surface area contributed by atoms with E-state index in [9.17, 15) is 14.3 Å². The maximum Gasteiger partial charge on any atom is 0.236 e. The number of piperidine rings is 1. The first-order valence-corrected chi connectivity index (χ1v) is 12.8. The minimum Gasteiger partial charge on any atom is -0.395 e. The van der Waals surface area contributed by atoms with Gasteiger partial charge < -0.3 is 19.9 Å². The molecule has 0 radical (unpaired) electrons. The van der Waals surface area contributed by atoms with Gasteiger partial charge in [0.1, 0.15) is 11.5 Å². The first-order valence-electron chi connectivity index (χ1n) is 12.8. The van der Waals surface area contributed by atoms with Gasteiger partial charge in [-0.3, -0.25) is 9.69 Å². The van der Waals surface area contributed by atoms with Crippen LogP contribution in [0, 0.1) is 5.82 Å². The Hall–Kier alpha value is -3.23. The molecule has 36 heavy (non-hydrogen) atoms. The zero-order valence-electron chi connectivity index (χ0n) is 20.8. The number of rotatable bonds is 5. The summed E-state index contributed by atoms with van der Waals surface area (Å²) in [4.78, 5) is 27.2. The summed E-state index contributed by atoms with van der Waals surface area (Å²) in [6, 6.07) is 7.50. The van der Waals surface area contributed by atoms with Gasteiger partial charge in [-0.2, -0.15) is 0 Å². The van der Waals surface area contributed by atoms with Crippen molar-refractivity contribution >= 4 is 28.2 Å². The van der Waals surface area contributed by atoms with Crippen LogP contribution in [0.3, 0.4) is 0 Å². The van der Waals surface area contributed by atoms with Crippen LogP contribution in [0.25, 0.3) is 27.7 Å². The third-order valence-corrected chi connectivity index (χ3v) is 8.13. The molecule has 2 N–H and O–H groups in total. The zero-order chi connectivity index (χ0) is 25.0. The van der Waals surface area contributed by atoms with Crippen molar-refractivity contribution in [2.24, 2.45) is 0 Å². The van der Waals surface area contributed by atoms with Crippen LogP contribution < -0.4 is 4.90 Å². The molecule has 1 saturated heterocycles. The number of amides is 1. The number of aliphatic hydroxyl groups excluding tert-OH is 1. The number of likely N-dealkylation sites (N-methyl/N-ethyl adjacent to an activating group) is 1. The van der Waals surface area contributed by atoms with Gasteiger partial charge >= 0.3 is 0 Å². The lowest BCUT2D eigenvalue weighted by Crippen LogP contribution is -2.52. The topological polar surface area (TPSA) is 75.7 Å². The highest BCUT2D eigenvalue weighted by Crippen LogP contribution is 2.45. The highest BCUT2D eigenvalue weighted by molar-refractivity contribution is 6.02. The predicted molar refractivity (Wildman–Crippen MR) is 139 cm³/mol. The molecule has 0 saturated carbocycles. The standard InChI is InChI=1S/C28H32FN5O2/c1-32(10-11-35)25(36)16-34-19-4-3-5-20(34)13-17(12-19)27-23-15-33(2)24-7-6-18(29)14-22(24)21-8-9-30-28(31-27)26(21)23/h6-9,12,14,19-20,35H,3-5,10-11,13,15-16H2,1-2H3,(H,30,31). The summed E-state index contributed by atoms with van der Waals surface area (Å²) in [6.45, 7) is 1.41. The number of benzene rings is 1. The number of aromatic nitrogens is 2. The first-order chi connectivity index (χ1) is 17.4. The molecule has 3 aliphatic heterocycles. The first kappa shape index (κ1) is 23.2. The molecule has 0 spiro atoms. The number of anilines is 1. The van der Waals surface area contributed by atoms with E-state index in [1.807, 2.05) is 12.1 Å². The summed E-state index contributed by atoms with van der Waals surface area (Å²) < 4.78 is 14.3. The van der Waals surface area contributed by atoms with Crippen molar-refractivity contribution in [1.82, 2.24) is 19.8 Å². The SMILES string of the molecule is CN(CCO)C(=O)CN1C2C=C(c3[nH]c4nccc5c4c3CN(C)c3ccc(F)cc3-5)CC1CCC2. The number of aromatic amines is 1. The lowest BCUT2D eigenvalue weighted by atomic mass is 9.83. The maximum atomic E-state index is 14.3. The molecule has 5 heterocycles. The van der Waals surface area contributed by atoms with Crippen LogP contribution in [0.5, 0.6) is 0 Å². The van der Waals surface area contributed by atoms with Crippen molar-refractivity contribution in [3.8, 4) is 11.1 Å². The normalized spacial score (nSPS) is 21.2. The second-order valence-corrected chi connectivity index (χ2v) is 10.3. The van der Waals surface area contributed by atoms with E-state index in [2.05, 4.69) is 32.9 Å². The number of nitrogens with one attached hydrogen (secondary N) is 1. The van der Waals surface area contributed by atoms with E-state index in [-0.39, 0.29) is 24.4 Å². The monoisotopic (exact) mass is 489 g/mol. The molecule has 1 fully saturated rings. The molecular formula is C28H32FN5O2. The van der Waals surface area contributed by atoms with Gasteiger partial charge in [-0.25, -0.2) is 9.37 Å². The molecule has 188 valence electrons. The van der Waals surface area contributed by atoms with Crippen LogP contribution in [-0.2, 0) is 11.3 Å². The van der Waals surface area contributed by atoms with Crippen molar-refractivity contribution in [2.45, 2.75) is 44.3 Å². The van der Waals surface area contributed by atoms with Gasteiger partial charge in [-0.1, -0.05) is 12.5 Å². The Kier molecular flexibility index (Phi) is 5.80. The van der Waals surface area contributed by atoms with Crippen LogP contribution in [0.1, 0.15) is 36.9 Å². The van der Waals surface area contributed by atoms with Crippen LogP contribution in [-0.4, -0.2) is 76.7 Å². The summed E-state index contributed by atoms with van der Waals surface area (Å²) in [5.74, 6) is -0.191. The number of hydrogen-bond acceptors (Lipinski definition) is 5. The molecule has 6 rings (SSSR count). The van der Waals surface area contributed by atoms with Crippen LogP contribution >= 0.6 is 0 Å². The Morgan fingerprint density at radius 2 is 2.14 bits per heavy atom. The molecule has 3 aromatic rings. The molecule has 1 amide bonds. The summed E-state index contributed by atoms with van der Waals surface area (Å²) in [7, 11) is 3.81. The lowest BCUT2D eigenvalue weighted by molar-refractivity contribution is -0.133. The van der Waals surface area contributed by atoms with E-state index in [1.165, 1.54) is 17.2 Å². The molecule has 2 unspecified atom stereocenters. The number of H-pyrrole nitrogens is 1. The summed E-state index contributed by atoms with van der Waals surface area (Å²) in [6.07, 6.45) is 8.25. The Morgan fingerprint density at radius 3 is 2.94 bits per heavy atom. The van der Waals surface area contributed by atoms with Gasteiger partial charge in [-0.05, 0) is 54.7 Å². The highest BCUT2D eigenvalue weighted by atomic mass is 19.1. The second-order valence-electron chi connectivity index (χ2n) is 10.3. The van der Waals surface area contributed by atoms with Crippen molar-refractivity contribution in [3.63, 3.8) is 0 Å². The number of aliphatic hydroxyl groups is 1. The van der Waals surface area contributed by atoms with Crippen molar-refractivity contribution in [2.75, 3.05) is 38.7 Å². The van der Waals surface area contributed by atoms with Gasteiger partial charge in [-0.15, -0.1) is 0 Å². The molecule has 7 nitrogen and oxygen atoms in total. The smallest absolute Gasteiger partial charge is 0.236 e. The molecule has 8 heteroatoms. The van der Waals surface area contributed by atoms with E-state index >= 15 is 0 Å². The lowest BCUT2D eigenvalue weighted by Gasteiger charge is -2.45. The number of carbonyl (C=O) groups is 1. The minimum absolute atomic E-state index is 0.0245. The number of nitrogens with zero attached hydrogens (tertiary/aromatic N) is 4. The van der Waals surface area contributed by atoms with Crippen molar-refractivity contribution < 1.29 is 14.3 Å². The van der Waals surface area contributed by atoms with Crippen molar-refractivity contribution in [3.05, 3.63) is 53.6 Å². The minimum atomic E-state index is -0.242. The van der Waals surface area contributed by atoms with E-state index in [4.69, 9.17) is 0 Å². The molecule has 2 atom stereocenters. The van der Waals surface area contributed by atoms with Gasteiger partial charge in [0.25, 0.3) is 0 Å². The third kappa shape index (κ3) is 3.79. The number of halogens is 1. The van der Waals surface area contributed by atoms with Crippen molar-refractivity contribution in [1.29, 1.82) is 0 Å². The maximum absolute atomic E-state index is 14.3. The quantitative estimate of drug-likeness (QED) is 0.571. The highest BCUT2D eigenvalue weighted by Gasteiger charge is 2.37. The third-order valence-electron chi connectivity index (χ3n) is 8.13. The molecule has 1 aromatic carbocycles. The number of carbonyl (C=O) groups excluding carboxylic acids is 1. The predicted octanol–water partition coefficient (Wildman–Crippen LogP) is 3.78. The molecule has 2 aromatic heterocycles. The van der Waals surface area contributed by atoms with Crippen LogP contribution in [0.15, 0.2) is 36.5 Å². The van der Waals surface area contributed by atoms with E-state index < -0.39 is 0 Å². The number of pyridine rings is 1. The van der Waals surface area contributed by atoms with E-state index in [0.717, 1.165) is 59.2 Å². The summed E-state index contributed by atoms with van der Waals surface area (Å²) >= 11 is 0. The molecule has 0 aliphatic carbocycles. The van der Waals surface area contributed by atoms with Gasteiger partial charge in [0.05, 0.1) is 13.2 Å². The van der Waals surface area contributed by atoms with Gasteiger partial charge in [0, 0.05) is 73.4 Å². The Bertz CT molecular complexity index is 1370.